The van der Waals surface area contributed by atoms with Gasteiger partial charge in [0.15, 0.2) is 0 Å². The Kier molecular flexibility index (Phi) is 6.23. The lowest BCUT2D eigenvalue weighted by molar-refractivity contribution is -0.137. The molecule has 2 N–H and O–H groups in total. The molecule has 4 aromatic rings. The van der Waals surface area contributed by atoms with Gasteiger partial charge in [0.25, 0.3) is 5.91 Å². The molecule has 0 bridgehead atoms. The van der Waals surface area contributed by atoms with Crippen molar-refractivity contribution in [2.75, 3.05) is 11.9 Å². The highest BCUT2D eigenvalue weighted by atomic mass is 19.4. The maximum atomic E-state index is 12.7. The van der Waals surface area contributed by atoms with Crippen molar-refractivity contribution in [1.29, 1.82) is 0 Å². The molecule has 0 atom stereocenters. The summed E-state index contributed by atoms with van der Waals surface area (Å²) in [6.07, 6.45) is -4.40. The molecule has 0 unspecified atom stereocenters. The van der Waals surface area contributed by atoms with E-state index in [2.05, 4.69) is 4.98 Å². The van der Waals surface area contributed by atoms with Gasteiger partial charge in [0, 0.05) is 12.7 Å². The van der Waals surface area contributed by atoms with Crippen LogP contribution in [0.15, 0.2) is 91.0 Å². The predicted molar refractivity (Wildman–Crippen MR) is 124 cm³/mol. The first-order chi connectivity index (χ1) is 16.2. The molecule has 34 heavy (non-hydrogen) atoms. The van der Waals surface area contributed by atoms with Gasteiger partial charge in [0.1, 0.15) is 23.0 Å². The quantitative estimate of drug-likeness (QED) is 0.358. The van der Waals surface area contributed by atoms with Gasteiger partial charge in [-0.1, -0.05) is 30.3 Å². The molecule has 0 radical (unpaired) electrons. The van der Waals surface area contributed by atoms with Gasteiger partial charge in [-0.3, -0.25) is 4.79 Å². The van der Waals surface area contributed by atoms with Crippen molar-refractivity contribution in [3.8, 4) is 22.6 Å². The number of carbonyl (C=O) groups excluding carboxylic acids is 1. The zero-order chi connectivity index (χ0) is 24.3. The second-order valence-corrected chi connectivity index (χ2v) is 7.51. The molecule has 0 saturated carbocycles. The standard InChI is InChI=1S/C26H20F3N3O2/c1-32(20-5-3-2-4-6-20)24-16-18(15-23(31-24)25(30)33)17-7-11-21(12-8-17)34-22-13-9-19(10-14-22)26(27,28)29/h2-16H,1H3,(H2,30,33). The normalized spacial score (nSPS) is 11.2. The lowest BCUT2D eigenvalue weighted by atomic mass is 10.0. The van der Waals surface area contributed by atoms with Crippen LogP contribution in [0, 0.1) is 0 Å². The summed E-state index contributed by atoms with van der Waals surface area (Å²) in [7, 11) is 1.84. The Morgan fingerprint density at radius 2 is 1.44 bits per heavy atom. The third-order valence-corrected chi connectivity index (χ3v) is 5.16. The molecule has 3 aromatic carbocycles. The van der Waals surface area contributed by atoms with Gasteiger partial charge in [-0.05, 0) is 71.8 Å². The minimum Gasteiger partial charge on any atom is -0.457 e. The van der Waals surface area contributed by atoms with Crippen molar-refractivity contribution in [3.63, 3.8) is 0 Å². The Morgan fingerprint density at radius 1 is 0.853 bits per heavy atom. The average Bonchev–Trinajstić information content (AvgIpc) is 2.84. The van der Waals surface area contributed by atoms with Crippen molar-refractivity contribution in [3.05, 3.63) is 102 Å². The zero-order valence-electron chi connectivity index (χ0n) is 18.1. The summed E-state index contributed by atoms with van der Waals surface area (Å²) < 4.78 is 43.8. The number of primary amides is 1. The number of nitrogens with two attached hydrogens (primary N) is 1. The van der Waals surface area contributed by atoms with Crippen LogP contribution in [0.1, 0.15) is 16.1 Å². The Balaban J connectivity index is 1.59. The first-order valence-corrected chi connectivity index (χ1v) is 10.3. The maximum absolute atomic E-state index is 12.7. The summed E-state index contributed by atoms with van der Waals surface area (Å²) >= 11 is 0. The molecule has 0 saturated heterocycles. The van der Waals surface area contributed by atoms with Crippen LogP contribution in [-0.4, -0.2) is 17.9 Å². The van der Waals surface area contributed by atoms with Crippen LogP contribution >= 0.6 is 0 Å². The molecule has 0 spiro atoms. The molecular formula is C26H20F3N3O2. The van der Waals surface area contributed by atoms with E-state index >= 15 is 0 Å². The summed E-state index contributed by atoms with van der Waals surface area (Å²) in [5.74, 6) is 0.635. The average molecular weight is 463 g/mol. The summed E-state index contributed by atoms with van der Waals surface area (Å²) in [6.45, 7) is 0. The lowest BCUT2D eigenvalue weighted by Gasteiger charge is -2.20. The van der Waals surface area contributed by atoms with E-state index in [1.54, 1.807) is 30.3 Å². The number of ether oxygens (including phenoxy) is 1. The van der Waals surface area contributed by atoms with Gasteiger partial charge in [-0.2, -0.15) is 13.2 Å². The molecule has 0 aliphatic heterocycles. The van der Waals surface area contributed by atoms with E-state index < -0.39 is 17.6 Å². The molecule has 0 fully saturated rings. The number of alkyl halides is 3. The summed E-state index contributed by atoms with van der Waals surface area (Å²) in [4.78, 5) is 18.1. The zero-order valence-corrected chi connectivity index (χ0v) is 18.1. The van der Waals surface area contributed by atoms with Crippen LogP contribution in [-0.2, 0) is 6.18 Å². The molecule has 1 amide bonds. The van der Waals surface area contributed by atoms with Crippen molar-refractivity contribution in [2.24, 2.45) is 5.73 Å². The van der Waals surface area contributed by atoms with E-state index in [4.69, 9.17) is 10.5 Å². The maximum Gasteiger partial charge on any atom is 0.416 e. The molecule has 172 valence electrons. The van der Waals surface area contributed by atoms with Crippen LogP contribution in [0.2, 0.25) is 0 Å². The number of hydrogen-bond acceptors (Lipinski definition) is 4. The van der Waals surface area contributed by atoms with Crippen LogP contribution in [0.4, 0.5) is 24.7 Å². The number of para-hydroxylation sites is 1. The van der Waals surface area contributed by atoms with Gasteiger partial charge >= 0.3 is 6.18 Å². The summed E-state index contributed by atoms with van der Waals surface area (Å²) in [6, 6.07) is 24.4. The molecule has 0 aliphatic rings. The van der Waals surface area contributed by atoms with Crippen molar-refractivity contribution in [1.82, 2.24) is 4.98 Å². The molecule has 8 heteroatoms. The third-order valence-electron chi connectivity index (χ3n) is 5.16. The first-order valence-electron chi connectivity index (χ1n) is 10.3. The largest absolute Gasteiger partial charge is 0.457 e. The predicted octanol–water partition coefficient (Wildman–Crippen LogP) is 6.43. The van der Waals surface area contributed by atoms with E-state index in [1.807, 2.05) is 48.3 Å². The van der Waals surface area contributed by atoms with Crippen LogP contribution in [0.5, 0.6) is 11.5 Å². The number of rotatable bonds is 6. The fourth-order valence-corrected chi connectivity index (χ4v) is 3.33. The second-order valence-electron chi connectivity index (χ2n) is 7.51. The van der Waals surface area contributed by atoms with E-state index in [-0.39, 0.29) is 11.4 Å². The minimum atomic E-state index is -4.40. The Hall–Kier alpha value is -4.33. The second kappa shape index (κ2) is 9.27. The highest BCUT2D eigenvalue weighted by molar-refractivity contribution is 5.93. The Labute approximate surface area is 194 Å². The lowest BCUT2D eigenvalue weighted by Crippen LogP contribution is -2.17. The van der Waals surface area contributed by atoms with Gasteiger partial charge < -0.3 is 15.4 Å². The van der Waals surface area contributed by atoms with E-state index in [0.717, 1.165) is 28.9 Å². The summed E-state index contributed by atoms with van der Waals surface area (Å²) in [5.41, 5.74) is 7.29. The molecule has 5 nitrogen and oxygen atoms in total. The monoisotopic (exact) mass is 463 g/mol. The number of nitrogens with zero attached hydrogens (tertiary/aromatic N) is 2. The number of benzene rings is 3. The van der Waals surface area contributed by atoms with Crippen molar-refractivity contribution < 1.29 is 22.7 Å². The van der Waals surface area contributed by atoms with E-state index in [9.17, 15) is 18.0 Å². The Morgan fingerprint density at radius 3 is 2.00 bits per heavy atom. The number of aromatic nitrogens is 1. The summed E-state index contributed by atoms with van der Waals surface area (Å²) in [5, 5.41) is 0. The van der Waals surface area contributed by atoms with Gasteiger partial charge in [0.2, 0.25) is 0 Å². The molecule has 0 aliphatic carbocycles. The van der Waals surface area contributed by atoms with E-state index in [1.165, 1.54) is 12.1 Å². The number of hydrogen-bond donors (Lipinski definition) is 1. The first kappa shape index (κ1) is 22.8. The van der Waals surface area contributed by atoms with Crippen LogP contribution < -0.4 is 15.4 Å². The number of amides is 1. The number of pyridine rings is 1. The van der Waals surface area contributed by atoms with Crippen molar-refractivity contribution in [2.45, 2.75) is 6.18 Å². The highest BCUT2D eigenvalue weighted by Crippen LogP contribution is 2.33. The van der Waals surface area contributed by atoms with Gasteiger partial charge in [-0.15, -0.1) is 0 Å². The van der Waals surface area contributed by atoms with E-state index in [0.29, 0.717) is 11.6 Å². The highest BCUT2D eigenvalue weighted by Gasteiger charge is 2.30. The van der Waals surface area contributed by atoms with Crippen LogP contribution in [0.3, 0.4) is 0 Å². The van der Waals surface area contributed by atoms with Crippen LogP contribution in [0.25, 0.3) is 11.1 Å². The molecular weight excluding hydrogens is 443 g/mol. The molecule has 1 aromatic heterocycles. The Bertz CT molecular complexity index is 1290. The van der Waals surface area contributed by atoms with Gasteiger partial charge in [0.05, 0.1) is 5.56 Å². The third kappa shape index (κ3) is 5.17. The SMILES string of the molecule is CN(c1ccccc1)c1cc(-c2ccc(Oc3ccc(C(F)(F)F)cc3)cc2)cc(C(N)=O)n1. The molecule has 4 rings (SSSR count). The fraction of sp³-hybridized carbons (Fsp3) is 0.0769. The van der Waals surface area contributed by atoms with Gasteiger partial charge in [-0.25, -0.2) is 4.98 Å². The smallest absolute Gasteiger partial charge is 0.416 e. The molecule has 1 heterocycles. The van der Waals surface area contributed by atoms with Crippen molar-refractivity contribution >= 4 is 17.4 Å². The number of anilines is 2. The topological polar surface area (TPSA) is 68.5 Å². The fourth-order valence-electron chi connectivity index (χ4n) is 3.33. The minimum absolute atomic E-state index is 0.125. The number of halogens is 3. The number of carbonyl (C=O) groups is 1.